The van der Waals surface area contributed by atoms with Gasteiger partial charge in [0.1, 0.15) is 5.56 Å². The largest absolute Gasteiger partial charge is 0.586 e. The van der Waals surface area contributed by atoms with Gasteiger partial charge in [0, 0.05) is 18.1 Å². The Bertz CT molecular complexity index is 1410. The van der Waals surface area contributed by atoms with Crippen LogP contribution < -0.4 is 8.47 Å². The molecule has 3 aromatic carbocycles. The van der Waals surface area contributed by atoms with E-state index in [0.29, 0.717) is 35.9 Å². The van der Waals surface area contributed by atoms with E-state index < -0.39 is 21.6 Å². The van der Waals surface area contributed by atoms with Gasteiger partial charge in [-0.1, -0.05) is 61.9 Å². The molecule has 8 nitrogen and oxygen atoms in total. The average Bonchev–Trinajstić information content (AvgIpc) is 3.56. The molecule has 0 aliphatic carbocycles. The molecule has 0 fully saturated rings. The molecule has 0 bridgehead atoms. The van der Waals surface area contributed by atoms with Crippen LogP contribution in [-0.4, -0.2) is 26.5 Å². The first kappa shape index (κ1) is 24.9. The Balaban J connectivity index is 1.49. The van der Waals surface area contributed by atoms with Gasteiger partial charge in [0.15, 0.2) is 11.5 Å². The molecule has 4 aromatic rings. The number of anilines is 1. The Morgan fingerprint density at radius 1 is 0.973 bits per heavy atom. The number of hydrogen-bond acceptors (Lipinski definition) is 7. The van der Waals surface area contributed by atoms with Crippen LogP contribution in [0.1, 0.15) is 31.7 Å². The second kappa shape index (κ2) is 9.96. The van der Waals surface area contributed by atoms with Crippen LogP contribution in [0.4, 0.5) is 24.5 Å². The van der Waals surface area contributed by atoms with Crippen LogP contribution in [-0.2, 0) is 6.18 Å². The van der Waals surface area contributed by atoms with Crippen molar-refractivity contribution in [2.75, 3.05) is 4.31 Å². The van der Waals surface area contributed by atoms with Gasteiger partial charge in [0.2, 0.25) is 18.0 Å². The minimum Gasteiger partial charge on any atom is -0.586 e. The molecular weight excluding hydrogens is 503 g/mol. The lowest BCUT2D eigenvalue weighted by Crippen LogP contribution is -2.30. The number of rotatable bonds is 7. The van der Waals surface area contributed by atoms with Gasteiger partial charge in [-0.2, -0.15) is 18.4 Å². The van der Waals surface area contributed by atoms with Crippen molar-refractivity contribution in [2.45, 2.75) is 32.4 Å². The minimum atomic E-state index is -4.67. The fourth-order valence-electron chi connectivity index (χ4n) is 4.09. The molecule has 5 rings (SSSR count). The SMILES string of the molecule is CCCCC1=N[N+]([O-])(c2ccccc2C(F)(F)F)SN1c1ccc(-c2ccccc2-c2nn[nH]n2)cc1. The van der Waals surface area contributed by atoms with E-state index in [2.05, 4.69) is 25.7 Å². The van der Waals surface area contributed by atoms with Gasteiger partial charge in [-0.25, -0.2) is 4.31 Å². The van der Waals surface area contributed by atoms with Crippen molar-refractivity contribution in [3.8, 4) is 22.5 Å². The zero-order chi connectivity index (χ0) is 26.0. The standard InChI is InChI=1S/C25H22F3N7OS/c1-2-3-12-23-31-35(36,22-11-7-6-10-21(22)25(26,27)28)37-34(23)18-15-13-17(14-16-18)19-8-4-5-9-20(19)24-29-32-33-30-24/h4-11,13-16H,2-3,12H2,1H3,(H,29,30,32,33). The van der Waals surface area contributed by atoms with E-state index in [0.717, 1.165) is 35.6 Å². The predicted octanol–water partition coefficient (Wildman–Crippen LogP) is 6.94. The quantitative estimate of drug-likeness (QED) is 0.160. The van der Waals surface area contributed by atoms with E-state index in [9.17, 15) is 18.4 Å². The number of tetrazole rings is 1. The van der Waals surface area contributed by atoms with Gasteiger partial charge in [-0.15, -0.1) is 14.4 Å². The van der Waals surface area contributed by atoms with Crippen LogP contribution in [0.3, 0.4) is 0 Å². The lowest BCUT2D eigenvalue weighted by atomic mass is 9.99. The number of aromatic amines is 1. The highest BCUT2D eigenvalue weighted by molar-refractivity contribution is 8.01. The van der Waals surface area contributed by atoms with E-state index in [1.165, 1.54) is 18.2 Å². The fourth-order valence-corrected chi connectivity index (χ4v) is 5.13. The summed E-state index contributed by atoms with van der Waals surface area (Å²) >= 11 is 0.690. The Morgan fingerprint density at radius 2 is 1.68 bits per heavy atom. The van der Waals surface area contributed by atoms with Gasteiger partial charge in [-0.3, -0.25) is 0 Å². The number of aromatic nitrogens is 4. The minimum absolute atomic E-state index is 0.429. The van der Waals surface area contributed by atoms with E-state index in [-0.39, 0.29) is 0 Å². The molecule has 12 heteroatoms. The molecule has 0 saturated heterocycles. The van der Waals surface area contributed by atoms with Crippen molar-refractivity contribution < 1.29 is 13.2 Å². The van der Waals surface area contributed by atoms with Gasteiger partial charge in [0.25, 0.3) is 0 Å². The molecule has 0 radical (unpaired) electrons. The molecule has 190 valence electrons. The summed E-state index contributed by atoms with van der Waals surface area (Å²) in [5.74, 6) is 0.888. The number of quaternary nitrogens is 1. The summed E-state index contributed by atoms with van der Waals surface area (Å²) in [5.41, 5.74) is 1.75. The summed E-state index contributed by atoms with van der Waals surface area (Å²) in [7, 11) is 0. The first-order valence-electron chi connectivity index (χ1n) is 11.6. The topological polar surface area (TPSA) is 93.1 Å². The van der Waals surface area contributed by atoms with Crippen molar-refractivity contribution in [3.63, 3.8) is 0 Å². The third-order valence-electron chi connectivity index (χ3n) is 5.87. The number of alkyl halides is 3. The molecule has 0 spiro atoms. The highest BCUT2D eigenvalue weighted by Gasteiger charge is 2.45. The molecule has 2 heterocycles. The van der Waals surface area contributed by atoms with E-state index in [1.807, 2.05) is 55.5 Å². The van der Waals surface area contributed by atoms with Gasteiger partial charge in [0.05, 0.1) is 5.69 Å². The normalized spacial score (nSPS) is 17.8. The second-order valence-electron chi connectivity index (χ2n) is 8.36. The number of amidine groups is 1. The van der Waals surface area contributed by atoms with Gasteiger partial charge >= 0.3 is 6.18 Å². The Labute approximate surface area is 215 Å². The number of benzene rings is 3. The maximum Gasteiger partial charge on any atom is 0.422 e. The van der Waals surface area contributed by atoms with Gasteiger partial charge < -0.3 is 5.21 Å². The predicted molar refractivity (Wildman–Crippen MR) is 139 cm³/mol. The van der Waals surface area contributed by atoms with Gasteiger partial charge in [-0.05, 0) is 46.1 Å². The molecule has 1 aliphatic rings. The first-order valence-corrected chi connectivity index (χ1v) is 12.3. The van der Waals surface area contributed by atoms with Crippen molar-refractivity contribution in [1.29, 1.82) is 0 Å². The molecule has 1 unspecified atom stereocenters. The summed E-state index contributed by atoms with van der Waals surface area (Å²) < 4.78 is 41.2. The highest BCUT2D eigenvalue weighted by atomic mass is 32.2. The number of halogens is 3. The van der Waals surface area contributed by atoms with Crippen molar-refractivity contribution in [2.24, 2.45) is 5.10 Å². The molecule has 1 atom stereocenters. The zero-order valence-electron chi connectivity index (χ0n) is 19.7. The van der Waals surface area contributed by atoms with E-state index >= 15 is 0 Å². The molecule has 37 heavy (non-hydrogen) atoms. The average molecular weight is 526 g/mol. The highest BCUT2D eigenvalue weighted by Crippen LogP contribution is 2.48. The molecule has 0 amide bonds. The zero-order valence-corrected chi connectivity index (χ0v) is 20.5. The third kappa shape index (κ3) is 4.95. The Hall–Kier alpha value is -3.74. The number of unbranched alkanes of at least 4 members (excludes halogenated alkanes) is 1. The van der Waals surface area contributed by atoms with Crippen LogP contribution >= 0.6 is 12.1 Å². The Morgan fingerprint density at radius 3 is 2.35 bits per heavy atom. The van der Waals surface area contributed by atoms with Crippen molar-refractivity contribution in [3.05, 3.63) is 83.6 Å². The first-order chi connectivity index (χ1) is 17.8. The monoisotopic (exact) mass is 525 g/mol. The molecule has 1 aliphatic heterocycles. The number of H-pyrrole nitrogens is 1. The fraction of sp³-hybridized carbons (Fsp3) is 0.200. The van der Waals surface area contributed by atoms with Crippen LogP contribution in [0.25, 0.3) is 22.5 Å². The lowest BCUT2D eigenvalue weighted by molar-refractivity contribution is -0.137. The molecule has 1 aromatic heterocycles. The van der Waals surface area contributed by atoms with Crippen LogP contribution in [0.2, 0.25) is 0 Å². The number of nitrogens with one attached hydrogen (secondary N) is 1. The van der Waals surface area contributed by atoms with Crippen molar-refractivity contribution in [1.82, 2.24) is 24.8 Å². The summed E-state index contributed by atoms with van der Waals surface area (Å²) in [4.78, 5) is 0. The van der Waals surface area contributed by atoms with Crippen LogP contribution in [0.15, 0.2) is 77.9 Å². The second-order valence-corrected chi connectivity index (χ2v) is 9.38. The summed E-state index contributed by atoms with van der Waals surface area (Å²) in [5, 5.41) is 32.2. The molecule has 1 N–H and O–H groups in total. The maximum absolute atomic E-state index is 13.7. The summed E-state index contributed by atoms with van der Waals surface area (Å²) in [6.45, 7) is 2.00. The lowest BCUT2D eigenvalue weighted by Gasteiger charge is -2.30. The van der Waals surface area contributed by atoms with Crippen LogP contribution in [0.5, 0.6) is 0 Å². The Kier molecular flexibility index (Phi) is 6.71. The number of hydrogen-bond donors (Lipinski definition) is 1. The third-order valence-corrected chi connectivity index (χ3v) is 6.95. The van der Waals surface area contributed by atoms with Crippen LogP contribution in [0, 0.1) is 5.21 Å². The molecule has 0 saturated carbocycles. The summed E-state index contributed by atoms with van der Waals surface area (Å²) in [6.07, 6.45) is -2.62. The number of nitrogens with zero attached hydrogens (tertiary/aromatic N) is 6. The smallest absolute Gasteiger partial charge is 0.422 e. The molecular formula is C25H22F3N7OS. The van der Waals surface area contributed by atoms with E-state index in [1.54, 1.807) is 4.31 Å². The summed E-state index contributed by atoms with van der Waals surface area (Å²) in [6, 6.07) is 19.8. The maximum atomic E-state index is 13.7. The van der Waals surface area contributed by atoms with E-state index in [4.69, 9.17) is 0 Å². The van der Waals surface area contributed by atoms with Crippen molar-refractivity contribution >= 4 is 29.3 Å².